The summed E-state index contributed by atoms with van der Waals surface area (Å²) in [5.74, 6) is -0.545. The van der Waals surface area contributed by atoms with E-state index in [9.17, 15) is 19.6 Å². The molecule has 0 saturated carbocycles. The number of ether oxygens (including phenoxy) is 2. The van der Waals surface area contributed by atoms with Crippen molar-refractivity contribution < 1.29 is 23.9 Å². The first kappa shape index (κ1) is 23.6. The van der Waals surface area contributed by atoms with Crippen molar-refractivity contribution in [2.24, 2.45) is 0 Å². The Labute approximate surface area is 201 Å². The summed E-state index contributed by atoms with van der Waals surface area (Å²) in [5.41, 5.74) is 2.34. The van der Waals surface area contributed by atoms with Crippen LogP contribution in [-0.4, -0.2) is 47.9 Å². The molecule has 0 unspecified atom stereocenters. The predicted octanol–water partition coefficient (Wildman–Crippen LogP) is 3.94. The molecule has 0 aliphatic carbocycles. The molecule has 9 heteroatoms. The van der Waals surface area contributed by atoms with Gasteiger partial charge in [-0.3, -0.25) is 19.3 Å². The quantitative estimate of drug-likeness (QED) is 0.391. The minimum atomic E-state index is -0.417. The molecule has 0 spiro atoms. The summed E-state index contributed by atoms with van der Waals surface area (Å²) in [6.07, 6.45) is 2.07. The Balaban J connectivity index is 1.48. The maximum absolute atomic E-state index is 12.9. The maximum atomic E-state index is 12.9. The fourth-order valence-electron chi connectivity index (χ4n) is 3.71. The van der Waals surface area contributed by atoms with Crippen LogP contribution in [0.15, 0.2) is 54.7 Å². The molecule has 176 valence electrons. The van der Waals surface area contributed by atoms with Crippen LogP contribution in [-0.2, 0) is 4.74 Å². The van der Waals surface area contributed by atoms with Crippen LogP contribution in [0.4, 0.5) is 5.69 Å². The highest BCUT2D eigenvalue weighted by Gasteiger charge is 2.35. The smallest absolute Gasteiger partial charge is 0.261 e. The summed E-state index contributed by atoms with van der Waals surface area (Å²) in [5, 5.41) is 12.0. The number of amides is 3. The van der Waals surface area contributed by atoms with Gasteiger partial charge < -0.3 is 14.8 Å². The minimum absolute atomic E-state index is 0.194. The molecule has 0 bridgehead atoms. The Kier molecular flexibility index (Phi) is 6.85. The number of anilines is 1. The molecule has 2 heterocycles. The maximum Gasteiger partial charge on any atom is 0.261 e. The molecule has 3 amide bonds. The van der Waals surface area contributed by atoms with E-state index in [4.69, 9.17) is 9.47 Å². The highest BCUT2D eigenvalue weighted by atomic mass is 16.5. The van der Waals surface area contributed by atoms with Crippen molar-refractivity contribution in [3.63, 3.8) is 0 Å². The van der Waals surface area contributed by atoms with Gasteiger partial charge in [0.2, 0.25) is 5.88 Å². The van der Waals surface area contributed by atoms with Gasteiger partial charge in [0.25, 0.3) is 17.7 Å². The molecule has 9 nitrogen and oxygen atoms in total. The second kappa shape index (κ2) is 10.2. The molecule has 3 aromatic rings. The van der Waals surface area contributed by atoms with Crippen LogP contribution >= 0.6 is 0 Å². The van der Waals surface area contributed by atoms with Crippen molar-refractivity contribution in [3.8, 4) is 17.7 Å². The molecule has 35 heavy (non-hydrogen) atoms. The molecule has 0 fully saturated rings. The average molecular weight is 470 g/mol. The number of aromatic nitrogens is 1. The molecule has 1 aliphatic rings. The average Bonchev–Trinajstić information content (AvgIpc) is 3.10. The standard InChI is InChI=1S/C26H22N4O5/c1-16-13-19(35-24-18(15-27)5-3-10-28-24)7-9-22(16)29-23(31)17-6-8-20-21(14-17)26(33)30(25(20)32)11-4-12-34-2/h3,5-10,13-14H,4,11-12H2,1-2H3,(H,29,31). The lowest BCUT2D eigenvalue weighted by molar-refractivity contribution is 0.0638. The van der Waals surface area contributed by atoms with E-state index in [1.54, 1.807) is 44.4 Å². The number of carbonyl (C=O) groups excluding carboxylic acids is 3. The fraction of sp³-hybridized carbons (Fsp3) is 0.192. The van der Waals surface area contributed by atoms with Crippen molar-refractivity contribution in [3.05, 3.63) is 82.5 Å². The lowest BCUT2D eigenvalue weighted by atomic mass is 10.0. The molecule has 2 aromatic carbocycles. The largest absolute Gasteiger partial charge is 0.438 e. The normalized spacial score (nSPS) is 12.3. The van der Waals surface area contributed by atoms with Crippen LogP contribution in [0.2, 0.25) is 0 Å². The van der Waals surface area contributed by atoms with Gasteiger partial charge in [0, 0.05) is 37.7 Å². The fourth-order valence-corrected chi connectivity index (χ4v) is 3.71. The molecular formula is C26H22N4O5. The predicted molar refractivity (Wildman–Crippen MR) is 126 cm³/mol. The molecule has 4 rings (SSSR count). The van der Waals surface area contributed by atoms with Crippen LogP contribution in [0.1, 0.15) is 48.6 Å². The van der Waals surface area contributed by atoms with Crippen molar-refractivity contribution in [1.82, 2.24) is 9.88 Å². The van der Waals surface area contributed by atoms with E-state index in [0.717, 1.165) is 5.56 Å². The molecule has 0 atom stereocenters. The number of benzene rings is 2. The summed E-state index contributed by atoms with van der Waals surface area (Å²) < 4.78 is 10.7. The zero-order valence-corrected chi connectivity index (χ0v) is 19.2. The first-order chi connectivity index (χ1) is 16.9. The van der Waals surface area contributed by atoms with Crippen molar-refractivity contribution in [2.45, 2.75) is 13.3 Å². The highest BCUT2D eigenvalue weighted by Crippen LogP contribution is 2.28. The molecule has 0 saturated heterocycles. The Morgan fingerprint density at radius 2 is 1.91 bits per heavy atom. The lowest BCUT2D eigenvalue weighted by Crippen LogP contribution is -2.31. The van der Waals surface area contributed by atoms with Crippen molar-refractivity contribution in [1.29, 1.82) is 5.26 Å². The van der Waals surface area contributed by atoms with Gasteiger partial charge in [0.05, 0.1) is 11.1 Å². The van der Waals surface area contributed by atoms with Crippen molar-refractivity contribution >= 4 is 23.4 Å². The Bertz CT molecular complexity index is 1360. The van der Waals surface area contributed by atoms with E-state index in [-0.39, 0.29) is 35.0 Å². The summed E-state index contributed by atoms with van der Waals surface area (Å²) in [4.78, 5) is 43.4. The van der Waals surface area contributed by atoms with Gasteiger partial charge in [-0.1, -0.05) is 0 Å². The number of methoxy groups -OCH3 is 1. The number of imide groups is 1. The van der Waals surface area contributed by atoms with E-state index >= 15 is 0 Å². The number of nitriles is 1. The number of fused-ring (bicyclic) bond motifs is 1. The zero-order valence-electron chi connectivity index (χ0n) is 19.2. The second-order valence-corrected chi connectivity index (χ2v) is 7.87. The molecule has 1 N–H and O–H groups in total. The van der Waals surface area contributed by atoms with Crippen LogP contribution < -0.4 is 10.1 Å². The zero-order chi connectivity index (χ0) is 24.9. The summed E-state index contributed by atoms with van der Waals surface area (Å²) in [6, 6.07) is 14.8. The summed E-state index contributed by atoms with van der Waals surface area (Å²) >= 11 is 0. The van der Waals surface area contributed by atoms with E-state index in [1.165, 1.54) is 29.3 Å². The molecular weight excluding hydrogens is 448 g/mol. The number of aryl methyl sites for hydroxylation is 1. The van der Waals surface area contributed by atoms with Crippen LogP contribution in [0.3, 0.4) is 0 Å². The highest BCUT2D eigenvalue weighted by molar-refractivity contribution is 6.22. The SMILES string of the molecule is COCCCN1C(=O)c2ccc(C(=O)Nc3ccc(Oc4ncccc4C#N)cc3C)cc2C1=O. The number of pyridine rings is 1. The number of nitrogens with one attached hydrogen (secondary N) is 1. The second-order valence-electron chi connectivity index (χ2n) is 7.87. The Morgan fingerprint density at radius 1 is 1.11 bits per heavy atom. The molecule has 0 radical (unpaired) electrons. The lowest BCUT2D eigenvalue weighted by Gasteiger charge is -2.12. The van der Waals surface area contributed by atoms with Gasteiger partial charge in [-0.15, -0.1) is 0 Å². The third-order valence-corrected chi connectivity index (χ3v) is 5.52. The molecule has 1 aliphatic heterocycles. The third kappa shape index (κ3) is 4.88. The van der Waals surface area contributed by atoms with E-state index in [0.29, 0.717) is 30.0 Å². The minimum Gasteiger partial charge on any atom is -0.438 e. The van der Waals surface area contributed by atoms with Gasteiger partial charge >= 0.3 is 0 Å². The van der Waals surface area contributed by atoms with Gasteiger partial charge in [0.15, 0.2) is 0 Å². The van der Waals surface area contributed by atoms with Gasteiger partial charge in [-0.05, 0) is 67.4 Å². The Morgan fingerprint density at radius 3 is 2.66 bits per heavy atom. The van der Waals surface area contributed by atoms with E-state index in [1.807, 2.05) is 6.07 Å². The topological polar surface area (TPSA) is 122 Å². The van der Waals surface area contributed by atoms with Crippen LogP contribution in [0.5, 0.6) is 11.6 Å². The number of rotatable bonds is 8. The third-order valence-electron chi connectivity index (χ3n) is 5.52. The van der Waals surface area contributed by atoms with E-state index in [2.05, 4.69) is 10.3 Å². The summed E-state index contributed by atoms with van der Waals surface area (Å²) in [7, 11) is 1.56. The Hall–Kier alpha value is -4.55. The summed E-state index contributed by atoms with van der Waals surface area (Å²) in [6.45, 7) is 2.49. The first-order valence-electron chi connectivity index (χ1n) is 10.9. The van der Waals surface area contributed by atoms with Gasteiger partial charge in [0.1, 0.15) is 17.4 Å². The number of carbonyl (C=O) groups is 3. The number of hydrogen-bond acceptors (Lipinski definition) is 7. The van der Waals surface area contributed by atoms with Crippen LogP contribution in [0.25, 0.3) is 0 Å². The van der Waals surface area contributed by atoms with Gasteiger partial charge in [-0.2, -0.15) is 5.26 Å². The van der Waals surface area contributed by atoms with Crippen molar-refractivity contribution in [2.75, 3.05) is 25.6 Å². The van der Waals surface area contributed by atoms with Crippen LogP contribution in [0, 0.1) is 18.3 Å². The monoisotopic (exact) mass is 470 g/mol. The van der Waals surface area contributed by atoms with E-state index < -0.39 is 11.8 Å². The van der Waals surface area contributed by atoms with Gasteiger partial charge in [-0.25, -0.2) is 4.98 Å². The number of hydrogen-bond donors (Lipinski definition) is 1. The molecule has 1 aromatic heterocycles. The first-order valence-corrected chi connectivity index (χ1v) is 10.9. The number of nitrogens with zero attached hydrogens (tertiary/aromatic N) is 3.